The number of carboxylic acid groups (broad SMARTS) is 1. The van der Waals surface area contributed by atoms with Crippen LogP contribution in [0.2, 0.25) is 0 Å². The van der Waals surface area contributed by atoms with Gasteiger partial charge >= 0.3 is 12.0 Å². The van der Waals surface area contributed by atoms with Crippen LogP contribution in [0, 0.1) is 11.3 Å². The second-order valence-electron chi connectivity index (χ2n) is 5.77. The zero-order chi connectivity index (χ0) is 14.6. The van der Waals surface area contributed by atoms with Crippen molar-refractivity contribution < 1.29 is 14.7 Å². The van der Waals surface area contributed by atoms with Gasteiger partial charge in [-0.3, -0.25) is 4.79 Å². The highest BCUT2D eigenvalue weighted by Crippen LogP contribution is 2.29. The van der Waals surface area contributed by atoms with Gasteiger partial charge in [0.1, 0.15) is 6.54 Å². The molecule has 106 valence electrons. The third kappa shape index (κ3) is 4.43. The number of carbonyl (C=O) groups is 2. The zero-order valence-corrected chi connectivity index (χ0v) is 11.7. The number of urea groups is 1. The average molecular weight is 267 g/mol. The highest BCUT2D eigenvalue weighted by atomic mass is 16.4. The van der Waals surface area contributed by atoms with Gasteiger partial charge in [0.2, 0.25) is 0 Å². The molecule has 0 spiro atoms. The van der Waals surface area contributed by atoms with E-state index in [2.05, 4.69) is 0 Å². The summed E-state index contributed by atoms with van der Waals surface area (Å²) < 4.78 is 0. The number of nitrogens with zero attached hydrogens (tertiary/aromatic N) is 3. The normalized spacial score (nSPS) is 14.6. The van der Waals surface area contributed by atoms with E-state index in [1.807, 2.05) is 26.8 Å². The minimum atomic E-state index is -1.03. The molecular weight excluding hydrogens is 246 g/mol. The predicted molar refractivity (Wildman–Crippen MR) is 69.4 cm³/mol. The number of carboxylic acids is 1. The SMILES string of the molecule is CC(C)(C)N(CC(=O)O)C(=O)N(CCC#N)C1CC1. The smallest absolute Gasteiger partial charge is 0.323 e. The first-order valence-electron chi connectivity index (χ1n) is 6.44. The summed E-state index contributed by atoms with van der Waals surface area (Å²) in [6, 6.07) is 1.91. The molecule has 0 bridgehead atoms. The molecule has 1 saturated carbocycles. The minimum absolute atomic E-state index is 0.166. The van der Waals surface area contributed by atoms with Crippen LogP contribution in [-0.2, 0) is 4.79 Å². The van der Waals surface area contributed by atoms with Crippen molar-refractivity contribution in [3.05, 3.63) is 0 Å². The molecule has 1 N–H and O–H groups in total. The van der Waals surface area contributed by atoms with Gasteiger partial charge in [-0.2, -0.15) is 5.26 Å². The van der Waals surface area contributed by atoms with Gasteiger partial charge in [0, 0.05) is 18.1 Å². The van der Waals surface area contributed by atoms with Crippen LogP contribution in [0.4, 0.5) is 4.79 Å². The van der Waals surface area contributed by atoms with E-state index in [1.54, 1.807) is 4.90 Å². The van der Waals surface area contributed by atoms with Crippen LogP contribution in [0.25, 0.3) is 0 Å². The summed E-state index contributed by atoms with van der Waals surface area (Å²) >= 11 is 0. The molecule has 0 saturated heterocycles. The van der Waals surface area contributed by atoms with Crippen molar-refractivity contribution in [3.8, 4) is 6.07 Å². The van der Waals surface area contributed by atoms with Gasteiger partial charge in [0.05, 0.1) is 12.5 Å². The first kappa shape index (κ1) is 15.3. The number of hydrogen-bond acceptors (Lipinski definition) is 3. The number of aliphatic carboxylic acids is 1. The van der Waals surface area contributed by atoms with E-state index < -0.39 is 11.5 Å². The lowest BCUT2D eigenvalue weighted by atomic mass is 10.1. The number of nitriles is 1. The van der Waals surface area contributed by atoms with E-state index in [0.717, 1.165) is 12.8 Å². The Kier molecular flexibility index (Phi) is 4.76. The van der Waals surface area contributed by atoms with Crippen molar-refractivity contribution in [2.75, 3.05) is 13.1 Å². The monoisotopic (exact) mass is 267 g/mol. The Morgan fingerprint density at radius 1 is 1.37 bits per heavy atom. The summed E-state index contributed by atoms with van der Waals surface area (Å²) in [6.45, 7) is 5.47. The maximum absolute atomic E-state index is 12.5. The number of carbonyl (C=O) groups excluding carboxylic acids is 1. The summed E-state index contributed by atoms with van der Waals surface area (Å²) in [5.74, 6) is -1.03. The Morgan fingerprint density at radius 2 is 1.95 bits per heavy atom. The Hall–Kier alpha value is -1.77. The van der Waals surface area contributed by atoms with Gasteiger partial charge in [-0.05, 0) is 33.6 Å². The van der Waals surface area contributed by atoms with E-state index in [-0.39, 0.29) is 25.0 Å². The molecule has 1 rings (SSSR count). The van der Waals surface area contributed by atoms with Crippen molar-refractivity contribution in [1.29, 1.82) is 5.26 Å². The van der Waals surface area contributed by atoms with Crippen LogP contribution in [0.3, 0.4) is 0 Å². The van der Waals surface area contributed by atoms with Crippen molar-refractivity contribution in [1.82, 2.24) is 9.80 Å². The molecule has 6 heteroatoms. The second kappa shape index (κ2) is 5.91. The Labute approximate surface area is 113 Å². The number of amides is 2. The van der Waals surface area contributed by atoms with Crippen LogP contribution < -0.4 is 0 Å². The largest absolute Gasteiger partial charge is 0.480 e. The third-order valence-corrected chi connectivity index (χ3v) is 3.03. The maximum atomic E-state index is 12.5. The van der Waals surface area contributed by atoms with E-state index in [0.29, 0.717) is 6.54 Å². The fraction of sp³-hybridized carbons (Fsp3) is 0.769. The Bertz CT molecular complexity index is 391. The highest BCUT2D eigenvalue weighted by Gasteiger charge is 2.38. The molecular formula is C13H21N3O3. The summed E-state index contributed by atoms with van der Waals surface area (Å²) in [5.41, 5.74) is -0.560. The molecule has 0 aromatic rings. The summed E-state index contributed by atoms with van der Waals surface area (Å²) in [5, 5.41) is 17.6. The maximum Gasteiger partial charge on any atom is 0.323 e. The summed E-state index contributed by atoms with van der Waals surface area (Å²) in [7, 11) is 0. The van der Waals surface area contributed by atoms with Crippen molar-refractivity contribution >= 4 is 12.0 Å². The minimum Gasteiger partial charge on any atom is -0.480 e. The van der Waals surface area contributed by atoms with E-state index in [9.17, 15) is 9.59 Å². The van der Waals surface area contributed by atoms with Crippen LogP contribution in [0.15, 0.2) is 0 Å². The molecule has 1 fully saturated rings. The van der Waals surface area contributed by atoms with Gasteiger partial charge in [0.15, 0.2) is 0 Å². The first-order valence-corrected chi connectivity index (χ1v) is 6.44. The van der Waals surface area contributed by atoms with E-state index in [1.165, 1.54) is 4.90 Å². The Morgan fingerprint density at radius 3 is 2.32 bits per heavy atom. The fourth-order valence-corrected chi connectivity index (χ4v) is 1.87. The topological polar surface area (TPSA) is 84.6 Å². The lowest BCUT2D eigenvalue weighted by Crippen LogP contribution is -2.54. The quantitative estimate of drug-likeness (QED) is 0.821. The molecule has 0 radical (unpaired) electrons. The standard InChI is InChI=1S/C13H21N3O3/c1-13(2,3)16(9-11(17)18)12(19)15(8-4-7-14)10-5-6-10/h10H,4-6,8-9H2,1-3H3,(H,17,18). The molecule has 1 aliphatic rings. The third-order valence-electron chi connectivity index (χ3n) is 3.03. The van der Waals surface area contributed by atoms with Crippen LogP contribution >= 0.6 is 0 Å². The highest BCUT2D eigenvalue weighted by molar-refractivity contribution is 5.81. The molecule has 19 heavy (non-hydrogen) atoms. The van der Waals surface area contributed by atoms with Crippen molar-refractivity contribution in [2.24, 2.45) is 0 Å². The molecule has 0 heterocycles. The van der Waals surface area contributed by atoms with Crippen LogP contribution in [0.1, 0.15) is 40.0 Å². The predicted octanol–water partition coefficient (Wildman–Crippen LogP) is 1.67. The molecule has 0 aliphatic heterocycles. The van der Waals surface area contributed by atoms with Crippen LogP contribution in [-0.4, -0.2) is 51.6 Å². The lowest BCUT2D eigenvalue weighted by Gasteiger charge is -2.38. The fourth-order valence-electron chi connectivity index (χ4n) is 1.87. The molecule has 0 aromatic carbocycles. The van der Waals surface area contributed by atoms with Gasteiger partial charge < -0.3 is 14.9 Å². The van der Waals surface area contributed by atoms with Gasteiger partial charge in [-0.25, -0.2) is 4.79 Å². The number of hydrogen-bond donors (Lipinski definition) is 1. The number of rotatable bonds is 5. The zero-order valence-electron chi connectivity index (χ0n) is 11.7. The van der Waals surface area contributed by atoms with Crippen molar-refractivity contribution in [2.45, 2.75) is 51.6 Å². The van der Waals surface area contributed by atoms with Crippen LogP contribution in [0.5, 0.6) is 0 Å². The second-order valence-corrected chi connectivity index (χ2v) is 5.77. The molecule has 0 aromatic heterocycles. The molecule has 2 amide bonds. The molecule has 6 nitrogen and oxygen atoms in total. The van der Waals surface area contributed by atoms with E-state index >= 15 is 0 Å². The summed E-state index contributed by atoms with van der Waals surface area (Å²) in [6.07, 6.45) is 2.14. The van der Waals surface area contributed by atoms with Gasteiger partial charge in [-0.15, -0.1) is 0 Å². The Balaban J connectivity index is 2.83. The van der Waals surface area contributed by atoms with Gasteiger partial charge in [-0.1, -0.05) is 0 Å². The van der Waals surface area contributed by atoms with Crippen molar-refractivity contribution in [3.63, 3.8) is 0 Å². The van der Waals surface area contributed by atoms with E-state index in [4.69, 9.17) is 10.4 Å². The molecule has 0 atom stereocenters. The first-order chi connectivity index (χ1) is 8.77. The molecule has 0 unspecified atom stereocenters. The summed E-state index contributed by atoms with van der Waals surface area (Å²) in [4.78, 5) is 26.4. The van der Waals surface area contributed by atoms with Gasteiger partial charge in [0.25, 0.3) is 0 Å². The molecule has 1 aliphatic carbocycles. The lowest BCUT2D eigenvalue weighted by molar-refractivity contribution is -0.138. The average Bonchev–Trinajstić information content (AvgIpc) is 3.08.